The monoisotopic (exact) mass is 526 g/mol. The molecule has 2 heterocycles. The molecule has 1 aliphatic heterocycles. The number of aromatic amines is 1. The van der Waals surface area contributed by atoms with E-state index in [1.807, 2.05) is 0 Å². The van der Waals surface area contributed by atoms with Crippen LogP contribution in [0.4, 0.5) is 0 Å². The Morgan fingerprint density at radius 2 is 1.81 bits per heavy atom. The second-order valence-corrected chi connectivity index (χ2v) is 10.8. The van der Waals surface area contributed by atoms with Gasteiger partial charge in [-0.2, -0.15) is 0 Å². The third kappa shape index (κ3) is 6.39. The fourth-order valence-corrected chi connectivity index (χ4v) is 5.42. The zero-order valence-electron chi connectivity index (χ0n) is 20.7. The third-order valence-electron chi connectivity index (χ3n) is 5.07. The number of H-pyrrole nitrogens is 1. The fourth-order valence-electron chi connectivity index (χ4n) is 3.59. The number of rotatable bonds is 10. The molecular formula is C23H31N2O10P. The second-order valence-electron chi connectivity index (χ2n) is 8.86. The SMILES string of the molecule is Cc1cn([C@]2(O)OC[C@@H](OCP(=O)(OC(C)C)OC(C)C)[C@@H]2OC(=O)c2ccccc2)c(=O)[nH]c1=O. The highest BCUT2D eigenvalue weighted by Gasteiger charge is 2.55. The van der Waals surface area contributed by atoms with E-state index in [1.165, 1.54) is 19.1 Å². The first-order chi connectivity index (χ1) is 16.8. The van der Waals surface area contributed by atoms with Crippen LogP contribution in [0.15, 0.2) is 46.1 Å². The molecule has 0 radical (unpaired) electrons. The number of hydrogen-bond donors (Lipinski definition) is 2. The first kappa shape index (κ1) is 28.0. The van der Waals surface area contributed by atoms with Crippen molar-refractivity contribution in [1.82, 2.24) is 9.55 Å². The van der Waals surface area contributed by atoms with E-state index in [4.69, 9.17) is 23.3 Å². The van der Waals surface area contributed by atoms with Crippen molar-refractivity contribution < 1.29 is 37.7 Å². The molecule has 2 aromatic rings. The quantitative estimate of drug-likeness (QED) is 0.347. The molecule has 0 unspecified atom stereocenters. The Labute approximate surface area is 207 Å². The lowest BCUT2D eigenvalue weighted by Crippen LogP contribution is -2.53. The number of aryl methyl sites for hydroxylation is 1. The summed E-state index contributed by atoms with van der Waals surface area (Å²) in [6.07, 6.45) is -3.11. The van der Waals surface area contributed by atoms with Crippen LogP contribution >= 0.6 is 7.60 Å². The number of nitrogens with zero attached hydrogens (tertiary/aromatic N) is 1. The normalized spacial score (nSPS) is 22.3. The molecule has 36 heavy (non-hydrogen) atoms. The molecule has 0 amide bonds. The van der Waals surface area contributed by atoms with Gasteiger partial charge in [-0.25, -0.2) is 14.2 Å². The number of hydrogen-bond acceptors (Lipinski definition) is 10. The smallest absolute Gasteiger partial charge is 0.356 e. The molecule has 2 N–H and O–H groups in total. The van der Waals surface area contributed by atoms with Gasteiger partial charge < -0.3 is 28.4 Å². The van der Waals surface area contributed by atoms with Crippen LogP contribution in [0.25, 0.3) is 0 Å². The summed E-state index contributed by atoms with van der Waals surface area (Å²) in [5.41, 5.74) is -1.37. The number of aromatic nitrogens is 2. The molecule has 1 aromatic carbocycles. The summed E-state index contributed by atoms with van der Waals surface area (Å²) >= 11 is 0. The summed E-state index contributed by atoms with van der Waals surface area (Å²) in [5, 5.41) is 11.4. The molecule has 198 valence electrons. The van der Waals surface area contributed by atoms with Crippen LogP contribution in [0.5, 0.6) is 0 Å². The van der Waals surface area contributed by atoms with Gasteiger partial charge in [-0.05, 0) is 46.8 Å². The number of carbonyl (C=O) groups excluding carboxylic acids is 1. The van der Waals surface area contributed by atoms with Gasteiger partial charge in [0.25, 0.3) is 11.5 Å². The van der Waals surface area contributed by atoms with Gasteiger partial charge in [0.1, 0.15) is 12.5 Å². The largest absolute Gasteiger partial charge is 0.448 e. The number of ether oxygens (including phenoxy) is 3. The predicted octanol–water partition coefficient (Wildman–Crippen LogP) is 2.09. The highest BCUT2D eigenvalue weighted by molar-refractivity contribution is 7.53. The number of esters is 1. The summed E-state index contributed by atoms with van der Waals surface area (Å²) < 4.78 is 41.8. The molecule has 1 saturated heterocycles. The highest BCUT2D eigenvalue weighted by Crippen LogP contribution is 2.51. The minimum atomic E-state index is -3.76. The maximum atomic E-state index is 13.2. The van der Waals surface area contributed by atoms with Crippen molar-refractivity contribution >= 4 is 13.6 Å². The first-order valence-electron chi connectivity index (χ1n) is 11.4. The Bertz CT molecular complexity index is 1210. The van der Waals surface area contributed by atoms with Gasteiger partial charge in [-0.3, -0.25) is 14.3 Å². The molecular weight excluding hydrogens is 495 g/mol. The van der Waals surface area contributed by atoms with E-state index in [0.29, 0.717) is 4.57 Å². The van der Waals surface area contributed by atoms with E-state index in [2.05, 4.69) is 4.98 Å². The molecule has 12 nitrogen and oxygen atoms in total. The minimum absolute atomic E-state index is 0.101. The van der Waals surface area contributed by atoms with Gasteiger partial charge in [0, 0.05) is 11.8 Å². The zero-order valence-corrected chi connectivity index (χ0v) is 21.6. The van der Waals surface area contributed by atoms with Crippen LogP contribution in [0.2, 0.25) is 0 Å². The Morgan fingerprint density at radius 1 is 1.19 bits per heavy atom. The van der Waals surface area contributed by atoms with Crippen molar-refractivity contribution in [3.8, 4) is 0 Å². The van der Waals surface area contributed by atoms with Crippen molar-refractivity contribution in [2.45, 2.75) is 64.9 Å². The molecule has 0 aliphatic carbocycles. The minimum Gasteiger partial charge on any atom is -0.448 e. The van der Waals surface area contributed by atoms with Gasteiger partial charge in [0.15, 0.2) is 0 Å². The molecule has 3 rings (SSSR count). The summed E-state index contributed by atoms with van der Waals surface area (Å²) in [4.78, 5) is 39.3. The van der Waals surface area contributed by atoms with E-state index >= 15 is 0 Å². The molecule has 0 spiro atoms. The van der Waals surface area contributed by atoms with E-state index in [-0.39, 0.29) is 17.7 Å². The maximum absolute atomic E-state index is 13.2. The van der Waals surface area contributed by atoms with Gasteiger partial charge in [0.2, 0.25) is 6.10 Å². The number of benzene rings is 1. The third-order valence-corrected chi connectivity index (χ3v) is 7.02. The number of carbonyl (C=O) groups is 1. The number of nitrogens with one attached hydrogen (secondary N) is 1. The van der Waals surface area contributed by atoms with Crippen LogP contribution in [-0.4, -0.2) is 58.0 Å². The van der Waals surface area contributed by atoms with Crippen molar-refractivity contribution in [3.05, 3.63) is 68.5 Å². The second kappa shape index (κ2) is 11.2. The van der Waals surface area contributed by atoms with Gasteiger partial charge in [-0.15, -0.1) is 0 Å². The summed E-state index contributed by atoms with van der Waals surface area (Å²) in [5.74, 6) is -3.37. The van der Waals surface area contributed by atoms with E-state index in [1.54, 1.807) is 45.9 Å². The molecule has 3 atom stereocenters. The fraction of sp³-hybridized carbons (Fsp3) is 0.522. The Kier molecular flexibility index (Phi) is 8.71. The van der Waals surface area contributed by atoms with Crippen LogP contribution in [0.1, 0.15) is 43.6 Å². The topological polar surface area (TPSA) is 155 Å². The molecule has 13 heteroatoms. The average Bonchev–Trinajstić information content (AvgIpc) is 3.10. The van der Waals surface area contributed by atoms with E-state index in [9.17, 15) is 24.1 Å². The molecule has 0 bridgehead atoms. The highest BCUT2D eigenvalue weighted by atomic mass is 31.2. The van der Waals surface area contributed by atoms with E-state index in [0.717, 1.165) is 6.20 Å². The molecule has 0 saturated carbocycles. The summed E-state index contributed by atoms with van der Waals surface area (Å²) in [6, 6.07) is 7.97. The van der Waals surface area contributed by atoms with Crippen molar-refractivity contribution in [2.75, 3.05) is 13.0 Å². The lowest BCUT2D eigenvalue weighted by molar-refractivity contribution is -0.278. The molecule has 1 aromatic heterocycles. The summed E-state index contributed by atoms with van der Waals surface area (Å²) in [6.45, 7) is 7.81. The van der Waals surface area contributed by atoms with Crippen LogP contribution in [0.3, 0.4) is 0 Å². The molecule has 1 fully saturated rings. The Morgan fingerprint density at radius 3 is 2.39 bits per heavy atom. The van der Waals surface area contributed by atoms with Gasteiger partial charge in [-0.1, -0.05) is 18.2 Å². The van der Waals surface area contributed by atoms with Gasteiger partial charge in [0.05, 0.1) is 24.4 Å². The standard InChI is InChI=1S/C23H31N2O10P/c1-14(2)34-36(30,35-15(3)4)13-31-18-12-32-23(29,25-11-16(5)20(26)24-22(25)28)19(18)33-21(27)17-9-7-6-8-10-17/h6-11,14-15,18-19,29H,12-13H2,1-5H3,(H,24,26,28)/t18-,19+,23-/m1/s1. The lowest BCUT2D eigenvalue weighted by atomic mass is 10.1. The van der Waals surface area contributed by atoms with Crippen LogP contribution in [0, 0.1) is 6.92 Å². The van der Waals surface area contributed by atoms with Crippen LogP contribution in [-0.2, 0) is 33.7 Å². The molecule has 1 aliphatic rings. The Balaban J connectivity index is 1.95. The zero-order chi connectivity index (χ0) is 26.7. The predicted molar refractivity (Wildman–Crippen MR) is 128 cm³/mol. The number of aliphatic hydroxyl groups is 1. The first-order valence-corrected chi connectivity index (χ1v) is 13.1. The Hall–Kier alpha value is -2.60. The maximum Gasteiger partial charge on any atom is 0.356 e. The van der Waals surface area contributed by atoms with Crippen molar-refractivity contribution in [3.63, 3.8) is 0 Å². The van der Waals surface area contributed by atoms with Gasteiger partial charge >= 0.3 is 19.3 Å². The van der Waals surface area contributed by atoms with Crippen LogP contribution < -0.4 is 11.2 Å². The van der Waals surface area contributed by atoms with Crippen molar-refractivity contribution in [1.29, 1.82) is 0 Å². The van der Waals surface area contributed by atoms with Crippen molar-refractivity contribution in [2.24, 2.45) is 0 Å². The van der Waals surface area contributed by atoms with E-state index < -0.39 is 61.5 Å². The summed E-state index contributed by atoms with van der Waals surface area (Å²) in [7, 11) is -3.76. The lowest BCUT2D eigenvalue weighted by Gasteiger charge is -2.31. The average molecular weight is 526 g/mol.